The maximum absolute atomic E-state index is 4.80. The van der Waals surface area contributed by atoms with Gasteiger partial charge in [0.1, 0.15) is 11.5 Å². The standard InChI is InChI=1S/C24H31N7/c1-17-14-19(15-23(26-17)31-12-10-30(3)11-13-31)27-21-4-7-25-24-20(21)16-22(28-24)18-5-8-29(2)9-6-18/h4-5,7,14-16H,6,8-13H2,1-3H3,(H2,25,26,27,28). The quantitative estimate of drug-likeness (QED) is 0.678. The number of aromatic nitrogens is 3. The summed E-state index contributed by atoms with van der Waals surface area (Å²) in [5, 5.41) is 4.75. The average Bonchev–Trinajstić information content (AvgIpc) is 3.20. The monoisotopic (exact) mass is 417 g/mol. The fraction of sp³-hybridized carbons (Fsp3) is 0.417. The number of pyridine rings is 2. The van der Waals surface area contributed by atoms with E-state index in [9.17, 15) is 0 Å². The maximum atomic E-state index is 4.80. The van der Waals surface area contributed by atoms with Crippen LogP contribution in [0, 0.1) is 6.92 Å². The molecule has 0 atom stereocenters. The summed E-state index contributed by atoms with van der Waals surface area (Å²) in [7, 11) is 4.34. The molecule has 0 spiro atoms. The Morgan fingerprint density at radius 3 is 2.61 bits per heavy atom. The summed E-state index contributed by atoms with van der Waals surface area (Å²) in [5.41, 5.74) is 6.62. The van der Waals surface area contributed by atoms with Crippen LogP contribution >= 0.6 is 0 Å². The van der Waals surface area contributed by atoms with E-state index in [0.29, 0.717) is 0 Å². The molecule has 0 amide bonds. The van der Waals surface area contributed by atoms with Crippen LogP contribution in [0.5, 0.6) is 0 Å². The molecule has 0 aliphatic carbocycles. The van der Waals surface area contributed by atoms with E-state index in [0.717, 1.165) is 79.6 Å². The topological polar surface area (TPSA) is 63.3 Å². The lowest BCUT2D eigenvalue weighted by molar-refractivity contribution is 0.312. The average molecular weight is 418 g/mol. The highest BCUT2D eigenvalue weighted by atomic mass is 15.3. The molecule has 0 aromatic carbocycles. The Hall–Kier alpha value is -2.90. The first-order valence-corrected chi connectivity index (χ1v) is 11.1. The maximum Gasteiger partial charge on any atom is 0.139 e. The lowest BCUT2D eigenvalue weighted by atomic mass is 10.1. The molecule has 3 aromatic rings. The van der Waals surface area contributed by atoms with Gasteiger partial charge in [-0.05, 0) is 51.2 Å². The zero-order valence-electron chi connectivity index (χ0n) is 18.6. The van der Waals surface area contributed by atoms with Crippen LogP contribution < -0.4 is 10.2 Å². The fourth-order valence-electron chi connectivity index (χ4n) is 4.40. The van der Waals surface area contributed by atoms with Crippen molar-refractivity contribution in [2.24, 2.45) is 0 Å². The summed E-state index contributed by atoms with van der Waals surface area (Å²) < 4.78 is 0. The van der Waals surface area contributed by atoms with Gasteiger partial charge in [-0.15, -0.1) is 0 Å². The normalized spacial score (nSPS) is 18.4. The van der Waals surface area contributed by atoms with Crippen LogP contribution in [-0.4, -0.2) is 78.1 Å². The van der Waals surface area contributed by atoms with E-state index < -0.39 is 0 Å². The molecule has 0 saturated carbocycles. The van der Waals surface area contributed by atoms with E-state index in [1.807, 2.05) is 12.3 Å². The summed E-state index contributed by atoms with van der Waals surface area (Å²) in [5.74, 6) is 1.05. The second kappa shape index (κ2) is 8.32. The molecule has 1 fully saturated rings. The van der Waals surface area contributed by atoms with Crippen LogP contribution in [0.15, 0.2) is 36.5 Å². The van der Waals surface area contributed by atoms with Crippen molar-refractivity contribution in [2.45, 2.75) is 13.3 Å². The van der Waals surface area contributed by atoms with Crippen molar-refractivity contribution in [3.63, 3.8) is 0 Å². The van der Waals surface area contributed by atoms with Crippen LogP contribution in [0.4, 0.5) is 17.2 Å². The highest BCUT2D eigenvalue weighted by molar-refractivity contribution is 5.94. The Labute approximate surface area is 183 Å². The van der Waals surface area contributed by atoms with Crippen molar-refractivity contribution in [1.82, 2.24) is 24.8 Å². The molecule has 5 rings (SSSR count). The molecule has 1 saturated heterocycles. The number of aromatic amines is 1. The second-order valence-corrected chi connectivity index (χ2v) is 8.82. The number of hydrogen-bond donors (Lipinski definition) is 2. The minimum atomic E-state index is 0.921. The zero-order chi connectivity index (χ0) is 21.4. The third-order valence-electron chi connectivity index (χ3n) is 6.34. The van der Waals surface area contributed by atoms with E-state index in [2.05, 4.69) is 75.3 Å². The molecule has 7 nitrogen and oxygen atoms in total. The van der Waals surface area contributed by atoms with Crippen LogP contribution in [-0.2, 0) is 0 Å². The summed E-state index contributed by atoms with van der Waals surface area (Å²) in [6, 6.07) is 8.56. The van der Waals surface area contributed by atoms with Gasteiger partial charge in [-0.2, -0.15) is 0 Å². The Kier molecular flexibility index (Phi) is 5.38. The van der Waals surface area contributed by atoms with Crippen molar-refractivity contribution < 1.29 is 0 Å². The van der Waals surface area contributed by atoms with Crippen LogP contribution in [0.25, 0.3) is 16.6 Å². The first-order chi connectivity index (χ1) is 15.0. The van der Waals surface area contributed by atoms with Crippen molar-refractivity contribution in [2.75, 3.05) is 63.6 Å². The number of anilines is 3. The van der Waals surface area contributed by atoms with Gasteiger partial charge in [0.05, 0.1) is 5.69 Å². The Balaban J connectivity index is 1.43. The molecule has 3 aromatic heterocycles. The Bertz CT molecular complexity index is 1110. The lowest BCUT2D eigenvalue weighted by Crippen LogP contribution is -2.44. The number of rotatable bonds is 4. The third-order valence-corrected chi connectivity index (χ3v) is 6.34. The molecule has 0 unspecified atom stereocenters. The molecule has 2 aliphatic rings. The second-order valence-electron chi connectivity index (χ2n) is 8.82. The van der Waals surface area contributed by atoms with Crippen LogP contribution in [0.2, 0.25) is 0 Å². The van der Waals surface area contributed by atoms with Gasteiger partial charge in [0.15, 0.2) is 0 Å². The zero-order valence-corrected chi connectivity index (χ0v) is 18.6. The van der Waals surface area contributed by atoms with E-state index in [-0.39, 0.29) is 0 Å². The van der Waals surface area contributed by atoms with Gasteiger partial charge in [0.2, 0.25) is 0 Å². The first kappa shape index (κ1) is 20.0. The van der Waals surface area contributed by atoms with E-state index in [1.54, 1.807) is 0 Å². The van der Waals surface area contributed by atoms with Crippen molar-refractivity contribution in [3.8, 4) is 0 Å². The van der Waals surface area contributed by atoms with Crippen molar-refractivity contribution >= 4 is 33.8 Å². The molecule has 31 heavy (non-hydrogen) atoms. The van der Waals surface area contributed by atoms with Crippen LogP contribution in [0.1, 0.15) is 17.8 Å². The highest BCUT2D eigenvalue weighted by Gasteiger charge is 2.17. The lowest BCUT2D eigenvalue weighted by Gasteiger charge is -2.33. The van der Waals surface area contributed by atoms with Crippen molar-refractivity contribution in [1.29, 1.82) is 0 Å². The van der Waals surface area contributed by atoms with Crippen molar-refractivity contribution in [3.05, 3.63) is 47.9 Å². The Morgan fingerprint density at radius 1 is 1.00 bits per heavy atom. The van der Waals surface area contributed by atoms with E-state index >= 15 is 0 Å². The Morgan fingerprint density at radius 2 is 1.84 bits per heavy atom. The van der Waals surface area contributed by atoms with Gasteiger partial charge < -0.3 is 25.0 Å². The molecule has 5 heterocycles. The minimum absolute atomic E-state index is 0.921. The smallest absolute Gasteiger partial charge is 0.139 e. The summed E-state index contributed by atoms with van der Waals surface area (Å²) in [4.78, 5) is 20.0. The predicted molar refractivity (Wildman–Crippen MR) is 128 cm³/mol. The van der Waals surface area contributed by atoms with Gasteiger partial charge in [0.25, 0.3) is 0 Å². The number of nitrogens with zero attached hydrogens (tertiary/aromatic N) is 5. The number of aryl methyl sites for hydroxylation is 1. The number of fused-ring (bicyclic) bond motifs is 1. The fourth-order valence-corrected chi connectivity index (χ4v) is 4.40. The number of piperazine rings is 1. The van der Waals surface area contributed by atoms with Gasteiger partial charge in [-0.1, -0.05) is 6.08 Å². The third kappa shape index (κ3) is 4.29. The van der Waals surface area contributed by atoms with E-state index in [1.165, 1.54) is 11.3 Å². The van der Waals surface area contributed by atoms with E-state index in [4.69, 9.17) is 4.98 Å². The molecule has 2 aliphatic heterocycles. The summed E-state index contributed by atoms with van der Waals surface area (Å²) >= 11 is 0. The SMILES string of the molecule is Cc1cc(Nc2ccnc3[nH]c(C4=CCN(C)CC4)cc23)cc(N2CCN(C)CC2)n1. The van der Waals surface area contributed by atoms with Crippen LogP contribution in [0.3, 0.4) is 0 Å². The minimum Gasteiger partial charge on any atom is -0.355 e. The highest BCUT2D eigenvalue weighted by Crippen LogP contribution is 2.31. The molecule has 7 heteroatoms. The van der Waals surface area contributed by atoms with Gasteiger partial charge in [0, 0.05) is 74.0 Å². The number of hydrogen-bond acceptors (Lipinski definition) is 6. The molecule has 162 valence electrons. The number of likely N-dealkylation sites (N-methyl/N-ethyl adjacent to an activating group) is 2. The number of nitrogens with one attached hydrogen (secondary N) is 2. The van der Waals surface area contributed by atoms with Gasteiger partial charge in [-0.25, -0.2) is 9.97 Å². The summed E-state index contributed by atoms with van der Waals surface area (Å²) in [6.07, 6.45) is 5.24. The molecule has 0 bridgehead atoms. The predicted octanol–water partition coefficient (Wildman–Crippen LogP) is 3.48. The largest absolute Gasteiger partial charge is 0.355 e. The number of H-pyrrole nitrogens is 1. The molecular weight excluding hydrogens is 386 g/mol. The molecule has 2 N–H and O–H groups in total. The first-order valence-electron chi connectivity index (χ1n) is 11.1. The summed E-state index contributed by atoms with van der Waals surface area (Å²) in [6.45, 7) is 8.31. The molecule has 0 radical (unpaired) electrons. The molecular formula is C24H31N7. The van der Waals surface area contributed by atoms with Gasteiger partial charge >= 0.3 is 0 Å². The van der Waals surface area contributed by atoms with Gasteiger partial charge in [-0.3, -0.25) is 0 Å².